The minimum absolute atomic E-state index is 0.0892. The number of amides is 2. The van der Waals surface area contributed by atoms with Crippen molar-refractivity contribution < 1.29 is 24.2 Å². The van der Waals surface area contributed by atoms with E-state index in [-0.39, 0.29) is 37.6 Å². The summed E-state index contributed by atoms with van der Waals surface area (Å²) in [6.07, 6.45) is 0.554. The van der Waals surface area contributed by atoms with Crippen LogP contribution >= 0.6 is 0 Å². The Bertz CT molecular complexity index is 679. The summed E-state index contributed by atoms with van der Waals surface area (Å²) in [5.41, 5.74) is 0.549. The molecule has 1 aromatic rings. The van der Waals surface area contributed by atoms with Crippen molar-refractivity contribution in [2.75, 3.05) is 24.7 Å². The molecule has 134 valence electrons. The maximum Gasteiger partial charge on any atom is 0.329 e. The molecule has 0 spiro atoms. The summed E-state index contributed by atoms with van der Waals surface area (Å²) in [4.78, 5) is 38.1. The minimum Gasteiger partial charge on any atom is -0.480 e. The Morgan fingerprint density at radius 2 is 1.88 bits per heavy atom. The number of hydrogen-bond acceptors (Lipinski definition) is 4. The second kappa shape index (κ2) is 6.84. The molecule has 2 aliphatic heterocycles. The Hall–Kier alpha value is -2.41. The first-order valence-electron chi connectivity index (χ1n) is 8.41. The third-order valence-corrected chi connectivity index (χ3v) is 4.96. The summed E-state index contributed by atoms with van der Waals surface area (Å²) in [7, 11) is 0. The summed E-state index contributed by atoms with van der Waals surface area (Å²) >= 11 is 0. The molecule has 0 saturated carbocycles. The van der Waals surface area contributed by atoms with Gasteiger partial charge in [-0.3, -0.25) is 9.59 Å². The molecule has 1 aromatic carbocycles. The smallest absolute Gasteiger partial charge is 0.329 e. The maximum atomic E-state index is 12.6. The van der Waals surface area contributed by atoms with Crippen LogP contribution in [0.15, 0.2) is 24.3 Å². The molecule has 0 bridgehead atoms. The Balaban J connectivity index is 1.70. The highest BCUT2D eigenvalue weighted by Gasteiger charge is 2.44. The van der Waals surface area contributed by atoms with Crippen LogP contribution in [0.4, 0.5) is 5.69 Å². The van der Waals surface area contributed by atoms with Crippen molar-refractivity contribution in [2.45, 2.75) is 31.7 Å². The lowest BCUT2D eigenvalue weighted by Gasteiger charge is -2.34. The first-order valence-corrected chi connectivity index (χ1v) is 8.41. The van der Waals surface area contributed by atoms with E-state index in [0.717, 1.165) is 11.3 Å². The Labute approximate surface area is 146 Å². The molecule has 2 fully saturated rings. The van der Waals surface area contributed by atoms with Crippen LogP contribution in [0.3, 0.4) is 0 Å². The number of carbonyl (C=O) groups is 3. The molecule has 7 heteroatoms. The van der Waals surface area contributed by atoms with Crippen LogP contribution in [0.25, 0.3) is 0 Å². The van der Waals surface area contributed by atoms with E-state index in [1.54, 1.807) is 4.90 Å². The van der Waals surface area contributed by atoms with Crippen molar-refractivity contribution in [1.82, 2.24) is 5.32 Å². The summed E-state index contributed by atoms with van der Waals surface area (Å²) < 4.78 is 5.21. The molecule has 2 saturated heterocycles. The van der Waals surface area contributed by atoms with Gasteiger partial charge in [0.1, 0.15) is 5.54 Å². The van der Waals surface area contributed by atoms with Gasteiger partial charge in [0.05, 0.1) is 5.92 Å². The highest BCUT2D eigenvalue weighted by Crippen LogP contribution is 2.27. The minimum atomic E-state index is -1.30. The van der Waals surface area contributed by atoms with Crippen LogP contribution in [0.2, 0.25) is 0 Å². The highest BCUT2D eigenvalue weighted by molar-refractivity contribution is 6.01. The monoisotopic (exact) mass is 346 g/mol. The number of carboxylic acid groups (broad SMARTS) is 1. The third-order valence-electron chi connectivity index (χ3n) is 4.96. The van der Waals surface area contributed by atoms with Gasteiger partial charge in [-0.2, -0.15) is 0 Å². The Kier molecular flexibility index (Phi) is 4.76. The van der Waals surface area contributed by atoms with E-state index in [0.29, 0.717) is 13.2 Å². The SMILES string of the molecule is Cc1ccc(N2CC(C(=O)NC3(C(=O)O)CCOCC3)CC2=O)cc1. The van der Waals surface area contributed by atoms with Crippen LogP contribution in [0.1, 0.15) is 24.8 Å². The second-order valence-electron chi connectivity index (χ2n) is 6.73. The van der Waals surface area contributed by atoms with Crippen LogP contribution in [-0.2, 0) is 19.1 Å². The molecule has 25 heavy (non-hydrogen) atoms. The van der Waals surface area contributed by atoms with Crippen molar-refractivity contribution in [3.8, 4) is 0 Å². The van der Waals surface area contributed by atoms with Crippen molar-refractivity contribution in [1.29, 1.82) is 0 Å². The quantitative estimate of drug-likeness (QED) is 0.851. The van der Waals surface area contributed by atoms with Crippen LogP contribution in [-0.4, -0.2) is 48.2 Å². The van der Waals surface area contributed by atoms with E-state index in [1.165, 1.54) is 0 Å². The molecule has 0 radical (unpaired) electrons. The fraction of sp³-hybridized carbons (Fsp3) is 0.500. The number of hydrogen-bond donors (Lipinski definition) is 2. The zero-order chi connectivity index (χ0) is 18.0. The van der Waals surface area contributed by atoms with Gasteiger partial charge in [-0.15, -0.1) is 0 Å². The standard InChI is InChI=1S/C18H22N2O5/c1-12-2-4-14(5-3-12)20-11-13(10-15(20)21)16(22)19-18(17(23)24)6-8-25-9-7-18/h2-5,13H,6-11H2,1H3,(H,19,22)(H,23,24). The van der Waals surface area contributed by atoms with Crippen molar-refractivity contribution in [2.24, 2.45) is 5.92 Å². The van der Waals surface area contributed by atoms with Gasteiger partial charge in [-0.1, -0.05) is 17.7 Å². The topological polar surface area (TPSA) is 95.9 Å². The van der Waals surface area contributed by atoms with Crippen LogP contribution < -0.4 is 10.2 Å². The molecule has 1 unspecified atom stereocenters. The highest BCUT2D eigenvalue weighted by atomic mass is 16.5. The van der Waals surface area contributed by atoms with Gasteiger partial charge >= 0.3 is 5.97 Å². The van der Waals surface area contributed by atoms with Gasteiger partial charge in [0, 0.05) is 44.7 Å². The van der Waals surface area contributed by atoms with Gasteiger partial charge in [-0.05, 0) is 19.1 Å². The number of nitrogens with one attached hydrogen (secondary N) is 1. The average molecular weight is 346 g/mol. The zero-order valence-electron chi connectivity index (χ0n) is 14.2. The van der Waals surface area contributed by atoms with E-state index in [4.69, 9.17) is 4.74 Å². The number of anilines is 1. The maximum absolute atomic E-state index is 12.6. The number of benzene rings is 1. The molecular weight excluding hydrogens is 324 g/mol. The predicted octanol–water partition coefficient (Wildman–Crippen LogP) is 1.10. The number of aliphatic carboxylic acids is 1. The van der Waals surface area contributed by atoms with E-state index < -0.39 is 17.4 Å². The molecule has 7 nitrogen and oxygen atoms in total. The number of ether oxygens (including phenoxy) is 1. The van der Waals surface area contributed by atoms with Gasteiger partial charge in [-0.25, -0.2) is 4.79 Å². The van der Waals surface area contributed by atoms with Crippen LogP contribution in [0, 0.1) is 12.8 Å². The first kappa shape index (κ1) is 17.4. The number of carboxylic acids is 1. The number of nitrogens with zero attached hydrogens (tertiary/aromatic N) is 1. The summed E-state index contributed by atoms with van der Waals surface area (Å²) in [6, 6.07) is 7.53. The average Bonchev–Trinajstić information content (AvgIpc) is 2.98. The molecular formula is C18H22N2O5. The van der Waals surface area contributed by atoms with Gasteiger partial charge in [0.15, 0.2) is 0 Å². The molecule has 0 aliphatic carbocycles. The molecule has 0 aromatic heterocycles. The largest absolute Gasteiger partial charge is 0.480 e. The van der Waals surface area contributed by atoms with Gasteiger partial charge in [0.25, 0.3) is 0 Å². The fourth-order valence-electron chi connectivity index (χ4n) is 3.31. The van der Waals surface area contributed by atoms with E-state index in [1.807, 2.05) is 31.2 Å². The van der Waals surface area contributed by atoms with Crippen molar-refractivity contribution in [3.63, 3.8) is 0 Å². The molecule has 1 atom stereocenters. The predicted molar refractivity (Wildman–Crippen MR) is 90.2 cm³/mol. The zero-order valence-corrected chi connectivity index (χ0v) is 14.2. The Morgan fingerprint density at radius 1 is 1.24 bits per heavy atom. The lowest BCUT2D eigenvalue weighted by Crippen LogP contribution is -2.58. The molecule has 2 N–H and O–H groups in total. The fourth-order valence-corrected chi connectivity index (χ4v) is 3.31. The molecule has 2 aliphatic rings. The van der Waals surface area contributed by atoms with E-state index in [2.05, 4.69) is 5.32 Å². The lowest BCUT2D eigenvalue weighted by molar-refractivity contribution is -0.152. The van der Waals surface area contributed by atoms with E-state index in [9.17, 15) is 19.5 Å². The number of aryl methyl sites for hydroxylation is 1. The normalized spacial score (nSPS) is 22.7. The molecule has 3 rings (SSSR count). The first-order chi connectivity index (χ1) is 11.9. The molecule has 2 heterocycles. The van der Waals surface area contributed by atoms with Crippen molar-refractivity contribution >= 4 is 23.5 Å². The van der Waals surface area contributed by atoms with Crippen molar-refractivity contribution in [3.05, 3.63) is 29.8 Å². The third kappa shape index (κ3) is 3.51. The molecule has 2 amide bonds. The second-order valence-corrected chi connectivity index (χ2v) is 6.73. The van der Waals surface area contributed by atoms with Gasteiger partial charge < -0.3 is 20.1 Å². The van der Waals surface area contributed by atoms with Crippen LogP contribution in [0.5, 0.6) is 0 Å². The summed E-state index contributed by atoms with van der Waals surface area (Å²) in [5.74, 6) is -2.11. The number of carbonyl (C=O) groups excluding carboxylic acids is 2. The van der Waals surface area contributed by atoms with Gasteiger partial charge in [0.2, 0.25) is 11.8 Å². The summed E-state index contributed by atoms with van der Waals surface area (Å²) in [6.45, 7) is 2.82. The Morgan fingerprint density at radius 3 is 2.48 bits per heavy atom. The van der Waals surface area contributed by atoms with E-state index >= 15 is 0 Å². The summed E-state index contributed by atoms with van der Waals surface area (Å²) in [5, 5.41) is 12.2. The lowest BCUT2D eigenvalue weighted by atomic mass is 9.89. The number of rotatable bonds is 4.